The van der Waals surface area contributed by atoms with Crippen LogP contribution >= 0.6 is 0 Å². The molecule has 1 N–H and O–H groups in total. The summed E-state index contributed by atoms with van der Waals surface area (Å²) in [5, 5.41) is 3.04. The molecule has 1 fully saturated rings. The molecule has 0 spiro atoms. The normalized spacial score (nSPS) is 27.5. The standard InChI is InChI=1S/C12H20F3N/c1-2-3-6-9-16-11-8-5-4-7-10(11)12(13,14)15/h2-3,10-11,16H,4-9H2,1H3/b3-2+. The fourth-order valence-electron chi connectivity index (χ4n) is 2.29. The molecule has 0 heterocycles. The Morgan fingerprint density at radius 3 is 2.56 bits per heavy atom. The highest BCUT2D eigenvalue weighted by atomic mass is 19.4. The zero-order valence-corrected chi connectivity index (χ0v) is 9.69. The molecule has 0 aromatic carbocycles. The molecule has 16 heavy (non-hydrogen) atoms. The molecule has 2 unspecified atom stereocenters. The summed E-state index contributed by atoms with van der Waals surface area (Å²) in [7, 11) is 0. The zero-order valence-electron chi connectivity index (χ0n) is 9.69. The first-order chi connectivity index (χ1) is 7.55. The minimum atomic E-state index is -4.04. The number of halogens is 3. The average molecular weight is 235 g/mol. The van der Waals surface area contributed by atoms with E-state index < -0.39 is 12.1 Å². The molecule has 1 saturated carbocycles. The third-order valence-electron chi connectivity index (χ3n) is 3.14. The van der Waals surface area contributed by atoms with Crippen LogP contribution in [0.5, 0.6) is 0 Å². The van der Waals surface area contributed by atoms with Gasteiger partial charge in [0, 0.05) is 6.04 Å². The topological polar surface area (TPSA) is 12.0 Å². The summed E-state index contributed by atoms with van der Waals surface area (Å²) in [5.74, 6) is -1.15. The van der Waals surface area contributed by atoms with E-state index in [1.165, 1.54) is 0 Å². The van der Waals surface area contributed by atoms with Crippen LogP contribution in [0.4, 0.5) is 13.2 Å². The summed E-state index contributed by atoms with van der Waals surface area (Å²) in [6.45, 7) is 2.56. The van der Waals surface area contributed by atoms with Crippen molar-refractivity contribution in [2.75, 3.05) is 6.54 Å². The largest absolute Gasteiger partial charge is 0.393 e. The molecule has 0 saturated heterocycles. The minimum absolute atomic E-state index is 0.283. The smallest absolute Gasteiger partial charge is 0.313 e. The van der Waals surface area contributed by atoms with Gasteiger partial charge >= 0.3 is 6.18 Å². The number of rotatable bonds is 4. The Balaban J connectivity index is 2.41. The van der Waals surface area contributed by atoms with Crippen LogP contribution in [0.3, 0.4) is 0 Å². The monoisotopic (exact) mass is 235 g/mol. The maximum Gasteiger partial charge on any atom is 0.393 e. The van der Waals surface area contributed by atoms with Crippen LogP contribution in [0.25, 0.3) is 0 Å². The summed E-state index contributed by atoms with van der Waals surface area (Å²) in [6.07, 6.45) is 3.20. The van der Waals surface area contributed by atoms with Gasteiger partial charge < -0.3 is 5.32 Å². The second-order valence-corrected chi connectivity index (χ2v) is 4.35. The highest BCUT2D eigenvalue weighted by molar-refractivity contribution is 4.86. The highest BCUT2D eigenvalue weighted by Crippen LogP contribution is 2.37. The molecule has 0 amide bonds. The van der Waals surface area contributed by atoms with E-state index in [9.17, 15) is 13.2 Å². The summed E-state index contributed by atoms with van der Waals surface area (Å²) >= 11 is 0. The molecule has 1 aliphatic carbocycles. The van der Waals surface area contributed by atoms with Gasteiger partial charge in [0.1, 0.15) is 0 Å². The van der Waals surface area contributed by atoms with Crippen LogP contribution in [0.2, 0.25) is 0 Å². The molecule has 0 radical (unpaired) electrons. The Hall–Kier alpha value is -0.510. The van der Waals surface area contributed by atoms with Crippen LogP contribution in [-0.4, -0.2) is 18.8 Å². The lowest BCUT2D eigenvalue weighted by molar-refractivity contribution is -0.188. The number of nitrogens with one attached hydrogen (secondary N) is 1. The number of hydrogen-bond donors (Lipinski definition) is 1. The second kappa shape index (κ2) is 6.28. The second-order valence-electron chi connectivity index (χ2n) is 4.35. The van der Waals surface area contributed by atoms with Gasteiger partial charge in [-0.25, -0.2) is 0 Å². The first-order valence-corrected chi connectivity index (χ1v) is 5.97. The van der Waals surface area contributed by atoms with Gasteiger partial charge in [-0.1, -0.05) is 25.0 Å². The summed E-state index contributed by atoms with van der Waals surface area (Å²) < 4.78 is 38.1. The van der Waals surface area contributed by atoms with Crippen molar-refractivity contribution in [3.05, 3.63) is 12.2 Å². The van der Waals surface area contributed by atoms with E-state index in [2.05, 4.69) is 5.32 Å². The summed E-state index contributed by atoms with van der Waals surface area (Å²) in [5.41, 5.74) is 0. The molecule has 0 aromatic rings. The van der Waals surface area contributed by atoms with Crippen LogP contribution in [-0.2, 0) is 0 Å². The Bertz CT molecular complexity index is 223. The van der Waals surface area contributed by atoms with Crippen molar-refractivity contribution in [2.45, 2.75) is 51.2 Å². The predicted molar refractivity (Wildman–Crippen MR) is 59.2 cm³/mol. The van der Waals surface area contributed by atoms with Crippen LogP contribution in [0.15, 0.2) is 12.2 Å². The Morgan fingerprint density at radius 1 is 1.25 bits per heavy atom. The van der Waals surface area contributed by atoms with Crippen molar-refractivity contribution < 1.29 is 13.2 Å². The van der Waals surface area contributed by atoms with Gasteiger partial charge in [0.15, 0.2) is 0 Å². The fraction of sp³-hybridized carbons (Fsp3) is 0.833. The van der Waals surface area contributed by atoms with E-state index in [0.717, 1.165) is 12.8 Å². The van der Waals surface area contributed by atoms with Gasteiger partial charge in [0.2, 0.25) is 0 Å². The van der Waals surface area contributed by atoms with Crippen LogP contribution in [0.1, 0.15) is 39.0 Å². The highest BCUT2D eigenvalue weighted by Gasteiger charge is 2.45. The lowest BCUT2D eigenvalue weighted by Crippen LogP contribution is -2.45. The number of allylic oxidation sites excluding steroid dienone is 1. The van der Waals surface area contributed by atoms with Crippen molar-refractivity contribution in [1.82, 2.24) is 5.32 Å². The summed E-state index contributed by atoms with van der Waals surface area (Å²) in [4.78, 5) is 0. The van der Waals surface area contributed by atoms with Crippen LogP contribution < -0.4 is 5.32 Å². The number of hydrogen-bond acceptors (Lipinski definition) is 1. The third kappa shape index (κ3) is 4.16. The van der Waals surface area contributed by atoms with Gasteiger partial charge in [-0.15, -0.1) is 0 Å². The Labute approximate surface area is 95.1 Å². The first kappa shape index (κ1) is 13.6. The van der Waals surface area contributed by atoms with Gasteiger partial charge in [-0.2, -0.15) is 13.2 Å². The Kier molecular flexibility index (Phi) is 5.32. The van der Waals surface area contributed by atoms with Gasteiger partial charge in [-0.05, 0) is 32.7 Å². The molecule has 0 bridgehead atoms. The molecule has 94 valence electrons. The SMILES string of the molecule is C/C=C/CCNC1CCCCC1C(F)(F)F. The molecule has 2 atom stereocenters. The molecule has 0 aliphatic heterocycles. The van der Waals surface area contributed by atoms with E-state index in [1.54, 1.807) is 0 Å². The van der Waals surface area contributed by atoms with Crippen LogP contribution in [0, 0.1) is 5.92 Å². The van der Waals surface area contributed by atoms with E-state index in [0.29, 0.717) is 19.4 Å². The van der Waals surface area contributed by atoms with Gasteiger partial charge in [0.05, 0.1) is 5.92 Å². The molecule has 1 rings (SSSR count). The van der Waals surface area contributed by atoms with E-state index in [-0.39, 0.29) is 12.5 Å². The molecule has 1 aliphatic rings. The summed E-state index contributed by atoms with van der Waals surface area (Å²) in [6, 6.07) is -0.376. The first-order valence-electron chi connectivity index (χ1n) is 5.97. The molecule has 1 nitrogen and oxygen atoms in total. The lowest BCUT2D eigenvalue weighted by atomic mass is 9.84. The fourth-order valence-corrected chi connectivity index (χ4v) is 2.29. The molecular weight excluding hydrogens is 215 g/mol. The van der Waals surface area contributed by atoms with E-state index >= 15 is 0 Å². The van der Waals surface area contributed by atoms with Crippen molar-refractivity contribution in [2.24, 2.45) is 5.92 Å². The predicted octanol–water partition coefficient (Wildman–Crippen LogP) is 3.66. The van der Waals surface area contributed by atoms with Gasteiger partial charge in [-0.3, -0.25) is 0 Å². The average Bonchev–Trinajstić information content (AvgIpc) is 2.24. The number of alkyl halides is 3. The van der Waals surface area contributed by atoms with Gasteiger partial charge in [0.25, 0.3) is 0 Å². The van der Waals surface area contributed by atoms with Crippen molar-refractivity contribution in [3.8, 4) is 0 Å². The van der Waals surface area contributed by atoms with E-state index in [1.807, 2.05) is 19.1 Å². The maximum absolute atomic E-state index is 12.7. The van der Waals surface area contributed by atoms with Crippen molar-refractivity contribution in [1.29, 1.82) is 0 Å². The third-order valence-corrected chi connectivity index (χ3v) is 3.14. The van der Waals surface area contributed by atoms with Crippen molar-refractivity contribution >= 4 is 0 Å². The van der Waals surface area contributed by atoms with E-state index in [4.69, 9.17) is 0 Å². The zero-order chi connectivity index (χ0) is 12.0. The lowest BCUT2D eigenvalue weighted by Gasteiger charge is -2.33. The molecule has 0 aromatic heterocycles. The van der Waals surface area contributed by atoms with Crippen molar-refractivity contribution in [3.63, 3.8) is 0 Å². The maximum atomic E-state index is 12.7. The quantitative estimate of drug-likeness (QED) is 0.579. The molecular formula is C12H20F3N. The Morgan fingerprint density at radius 2 is 1.94 bits per heavy atom. The molecule has 4 heteroatoms. The minimum Gasteiger partial charge on any atom is -0.313 e.